The molecule has 2 rings (SSSR count). The van der Waals surface area contributed by atoms with E-state index < -0.39 is 0 Å². The third-order valence-electron chi connectivity index (χ3n) is 3.75. The molecule has 6 heteroatoms. The third-order valence-corrected chi connectivity index (χ3v) is 3.75. The predicted molar refractivity (Wildman–Crippen MR) is 97.4 cm³/mol. The summed E-state index contributed by atoms with van der Waals surface area (Å²) in [4.78, 5) is 30.6. The van der Waals surface area contributed by atoms with Crippen molar-refractivity contribution < 1.29 is 9.59 Å². The van der Waals surface area contributed by atoms with E-state index in [1.165, 1.54) is 12.4 Å². The van der Waals surface area contributed by atoms with Gasteiger partial charge in [-0.1, -0.05) is 30.3 Å². The molecule has 1 heterocycles. The molecule has 1 aromatic carbocycles. The molecule has 0 bridgehead atoms. The van der Waals surface area contributed by atoms with E-state index in [9.17, 15) is 9.59 Å². The van der Waals surface area contributed by atoms with Gasteiger partial charge in [0.1, 0.15) is 0 Å². The lowest BCUT2D eigenvalue weighted by Crippen LogP contribution is -2.32. The van der Waals surface area contributed by atoms with Gasteiger partial charge in [-0.05, 0) is 32.6 Å². The predicted octanol–water partition coefficient (Wildman–Crippen LogP) is 1.86. The van der Waals surface area contributed by atoms with Gasteiger partial charge >= 0.3 is 0 Å². The Labute approximate surface area is 148 Å². The molecular weight excluding hydrogens is 316 g/mol. The average molecular weight is 340 g/mol. The first-order valence-corrected chi connectivity index (χ1v) is 8.21. The van der Waals surface area contributed by atoms with Crippen LogP contribution in [0.5, 0.6) is 0 Å². The van der Waals surface area contributed by atoms with Crippen molar-refractivity contribution in [1.29, 1.82) is 0 Å². The Hall–Kier alpha value is -2.73. The Kier molecular flexibility index (Phi) is 6.65. The lowest BCUT2D eigenvalue weighted by Gasteiger charge is -2.14. The molecule has 0 fully saturated rings. The Balaban J connectivity index is 2.00. The van der Waals surface area contributed by atoms with Crippen LogP contribution < -0.4 is 10.6 Å². The number of nitrogens with one attached hydrogen (secondary N) is 2. The van der Waals surface area contributed by atoms with E-state index in [0.29, 0.717) is 17.7 Å². The van der Waals surface area contributed by atoms with Crippen LogP contribution in [0.3, 0.4) is 0 Å². The van der Waals surface area contributed by atoms with E-state index in [1.54, 1.807) is 6.07 Å². The van der Waals surface area contributed by atoms with Gasteiger partial charge in [-0.2, -0.15) is 0 Å². The highest BCUT2D eigenvalue weighted by Crippen LogP contribution is 2.12. The minimum absolute atomic E-state index is 0.133. The molecule has 6 nitrogen and oxygen atoms in total. The van der Waals surface area contributed by atoms with Crippen LogP contribution >= 0.6 is 0 Å². The van der Waals surface area contributed by atoms with Gasteiger partial charge in [0.25, 0.3) is 11.8 Å². The first kappa shape index (κ1) is 18.6. The standard InChI is InChI=1S/C19H24N4O2/c1-14(15-7-5-4-6-8-15)22-19(25)17-11-16(12-20-13-17)18(24)21-9-10-23(2)3/h4-8,11-14H,9-10H2,1-3H3,(H,21,24)(H,22,25). The molecule has 0 aliphatic carbocycles. The average Bonchev–Trinajstić information content (AvgIpc) is 2.62. The van der Waals surface area contributed by atoms with Crippen molar-refractivity contribution in [2.75, 3.05) is 27.2 Å². The minimum atomic E-state index is -0.258. The van der Waals surface area contributed by atoms with Crippen LogP contribution in [0.4, 0.5) is 0 Å². The van der Waals surface area contributed by atoms with Crippen molar-refractivity contribution >= 4 is 11.8 Å². The number of pyridine rings is 1. The molecule has 25 heavy (non-hydrogen) atoms. The molecule has 0 aliphatic rings. The fourth-order valence-electron chi connectivity index (χ4n) is 2.29. The summed E-state index contributed by atoms with van der Waals surface area (Å²) in [5.74, 6) is -0.494. The monoisotopic (exact) mass is 340 g/mol. The quantitative estimate of drug-likeness (QED) is 0.807. The molecule has 0 radical (unpaired) electrons. The van der Waals surface area contributed by atoms with E-state index in [1.807, 2.05) is 56.3 Å². The fourth-order valence-corrected chi connectivity index (χ4v) is 2.29. The number of hydrogen-bond acceptors (Lipinski definition) is 4. The van der Waals surface area contributed by atoms with Crippen molar-refractivity contribution in [2.24, 2.45) is 0 Å². The van der Waals surface area contributed by atoms with Crippen LogP contribution in [0.25, 0.3) is 0 Å². The highest BCUT2D eigenvalue weighted by molar-refractivity contribution is 5.99. The summed E-state index contributed by atoms with van der Waals surface area (Å²) in [6.45, 7) is 3.19. The van der Waals surface area contributed by atoms with Gasteiger partial charge in [0.2, 0.25) is 0 Å². The van der Waals surface area contributed by atoms with Crippen molar-refractivity contribution in [3.63, 3.8) is 0 Å². The number of aromatic nitrogens is 1. The smallest absolute Gasteiger partial charge is 0.253 e. The van der Waals surface area contributed by atoms with Gasteiger partial charge in [0.15, 0.2) is 0 Å². The first-order valence-electron chi connectivity index (χ1n) is 8.21. The second-order valence-corrected chi connectivity index (χ2v) is 6.13. The zero-order valence-corrected chi connectivity index (χ0v) is 14.8. The maximum atomic E-state index is 12.4. The Bertz CT molecular complexity index is 716. The molecule has 0 spiro atoms. The summed E-state index contributed by atoms with van der Waals surface area (Å²) < 4.78 is 0. The molecule has 1 unspecified atom stereocenters. The molecule has 0 saturated heterocycles. The van der Waals surface area contributed by atoms with E-state index in [0.717, 1.165) is 12.1 Å². The molecular formula is C19H24N4O2. The van der Waals surface area contributed by atoms with Crippen molar-refractivity contribution in [1.82, 2.24) is 20.5 Å². The highest BCUT2D eigenvalue weighted by atomic mass is 16.2. The number of carbonyl (C=O) groups excluding carboxylic acids is 2. The number of nitrogens with zero attached hydrogens (tertiary/aromatic N) is 2. The van der Waals surface area contributed by atoms with E-state index in [-0.39, 0.29) is 17.9 Å². The lowest BCUT2D eigenvalue weighted by molar-refractivity contribution is 0.0939. The van der Waals surface area contributed by atoms with Crippen molar-refractivity contribution in [3.8, 4) is 0 Å². The summed E-state index contributed by atoms with van der Waals surface area (Å²) in [6.07, 6.45) is 2.92. The van der Waals surface area contributed by atoms with Crippen LogP contribution in [-0.2, 0) is 0 Å². The van der Waals surface area contributed by atoms with E-state index in [2.05, 4.69) is 15.6 Å². The largest absolute Gasteiger partial charge is 0.351 e. The second-order valence-electron chi connectivity index (χ2n) is 6.13. The Morgan fingerprint density at radius 3 is 2.36 bits per heavy atom. The normalized spacial score (nSPS) is 11.8. The van der Waals surface area contributed by atoms with E-state index >= 15 is 0 Å². The molecule has 2 N–H and O–H groups in total. The molecule has 0 saturated carbocycles. The number of rotatable bonds is 7. The van der Waals surface area contributed by atoms with Gasteiger partial charge in [-0.15, -0.1) is 0 Å². The van der Waals surface area contributed by atoms with Gasteiger partial charge < -0.3 is 15.5 Å². The van der Waals surface area contributed by atoms with Gasteiger partial charge in [0.05, 0.1) is 17.2 Å². The number of hydrogen-bond donors (Lipinski definition) is 2. The Morgan fingerprint density at radius 1 is 1.08 bits per heavy atom. The van der Waals surface area contributed by atoms with E-state index in [4.69, 9.17) is 0 Å². The summed E-state index contributed by atoms with van der Waals surface area (Å²) in [5, 5.41) is 5.73. The zero-order valence-electron chi connectivity index (χ0n) is 14.8. The highest BCUT2D eigenvalue weighted by Gasteiger charge is 2.14. The molecule has 1 atom stereocenters. The fraction of sp³-hybridized carbons (Fsp3) is 0.316. The number of benzene rings is 1. The van der Waals surface area contributed by atoms with Crippen LogP contribution in [0.1, 0.15) is 39.2 Å². The van der Waals surface area contributed by atoms with Crippen LogP contribution in [0.2, 0.25) is 0 Å². The van der Waals surface area contributed by atoms with Crippen LogP contribution in [0.15, 0.2) is 48.8 Å². The number of likely N-dealkylation sites (N-methyl/N-ethyl adjacent to an activating group) is 1. The molecule has 2 aromatic rings. The second kappa shape index (κ2) is 8.94. The minimum Gasteiger partial charge on any atom is -0.351 e. The number of amides is 2. The van der Waals surface area contributed by atoms with Crippen LogP contribution in [0, 0.1) is 0 Å². The summed E-state index contributed by atoms with van der Waals surface area (Å²) >= 11 is 0. The molecule has 0 aliphatic heterocycles. The van der Waals surface area contributed by atoms with Gasteiger partial charge in [-0.3, -0.25) is 14.6 Å². The van der Waals surface area contributed by atoms with Crippen LogP contribution in [-0.4, -0.2) is 48.9 Å². The van der Waals surface area contributed by atoms with Crippen molar-refractivity contribution in [3.05, 3.63) is 65.5 Å². The van der Waals surface area contributed by atoms with Crippen molar-refractivity contribution in [2.45, 2.75) is 13.0 Å². The maximum Gasteiger partial charge on any atom is 0.253 e. The molecule has 132 valence electrons. The maximum absolute atomic E-state index is 12.4. The first-order chi connectivity index (χ1) is 12.0. The lowest BCUT2D eigenvalue weighted by atomic mass is 10.1. The summed E-state index contributed by atoms with van der Waals surface area (Å²) in [5.41, 5.74) is 1.75. The summed E-state index contributed by atoms with van der Waals surface area (Å²) in [7, 11) is 3.87. The molecule has 2 amide bonds. The van der Waals surface area contributed by atoms with Gasteiger partial charge in [0, 0.05) is 25.5 Å². The topological polar surface area (TPSA) is 74.3 Å². The zero-order chi connectivity index (χ0) is 18.2. The van der Waals surface area contributed by atoms with Gasteiger partial charge in [-0.25, -0.2) is 0 Å². The Morgan fingerprint density at radius 2 is 1.72 bits per heavy atom. The summed E-state index contributed by atoms with van der Waals surface area (Å²) in [6, 6.07) is 11.1. The number of carbonyl (C=O) groups is 2. The molecule has 1 aromatic heterocycles. The SMILES string of the molecule is CC(NC(=O)c1cncc(C(=O)NCCN(C)C)c1)c1ccccc1. The third kappa shape index (κ3) is 5.69.